The van der Waals surface area contributed by atoms with Gasteiger partial charge in [0.15, 0.2) is 0 Å². The molecule has 1 aliphatic rings. The zero-order valence-corrected chi connectivity index (χ0v) is 13.6. The summed E-state index contributed by atoms with van der Waals surface area (Å²) < 4.78 is 0. The number of hydrogen-bond donors (Lipinski definition) is 2. The third-order valence-electron chi connectivity index (χ3n) is 4.60. The summed E-state index contributed by atoms with van der Waals surface area (Å²) in [5.41, 5.74) is 0.439. The predicted octanol–water partition coefficient (Wildman–Crippen LogP) is 1.90. The fourth-order valence-electron chi connectivity index (χ4n) is 3.23. The highest BCUT2D eigenvalue weighted by atomic mass is 16.4. The number of aliphatic carboxylic acids is 1. The summed E-state index contributed by atoms with van der Waals surface area (Å²) in [6, 6.07) is 9.86. The van der Waals surface area contributed by atoms with E-state index in [-0.39, 0.29) is 24.5 Å². The lowest BCUT2D eigenvalue weighted by atomic mass is 9.85. The molecular formula is C18H21N3O3. The fourth-order valence-corrected chi connectivity index (χ4v) is 3.23. The van der Waals surface area contributed by atoms with E-state index in [9.17, 15) is 9.59 Å². The Morgan fingerprint density at radius 1 is 1.29 bits per heavy atom. The molecule has 1 aromatic carbocycles. The number of aromatic nitrogens is 1. The van der Waals surface area contributed by atoms with E-state index >= 15 is 0 Å². The van der Waals surface area contributed by atoms with E-state index in [1.165, 1.54) is 0 Å². The molecule has 0 aliphatic heterocycles. The van der Waals surface area contributed by atoms with E-state index in [4.69, 9.17) is 5.11 Å². The number of carboxylic acid groups (broad SMARTS) is 1. The van der Waals surface area contributed by atoms with Crippen molar-refractivity contribution in [2.24, 2.45) is 0 Å². The average Bonchev–Trinajstić information content (AvgIpc) is 2.55. The maximum atomic E-state index is 12.5. The molecule has 1 amide bonds. The molecule has 2 aromatic rings. The molecule has 6 nitrogen and oxygen atoms in total. The number of carbonyl (C=O) groups excluding carboxylic acids is 1. The van der Waals surface area contributed by atoms with E-state index in [0.29, 0.717) is 12.2 Å². The molecule has 0 radical (unpaired) electrons. The number of nitrogens with one attached hydrogen (secondary N) is 1. The fraction of sp³-hybridized carbons (Fsp3) is 0.389. The minimum Gasteiger partial charge on any atom is -0.480 e. The third kappa shape index (κ3) is 3.38. The third-order valence-corrected chi connectivity index (χ3v) is 4.60. The van der Waals surface area contributed by atoms with Gasteiger partial charge < -0.3 is 10.4 Å². The predicted molar refractivity (Wildman–Crippen MR) is 90.9 cm³/mol. The van der Waals surface area contributed by atoms with Gasteiger partial charge in [-0.15, -0.1) is 0 Å². The van der Waals surface area contributed by atoms with Gasteiger partial charge in [-0.3, -0.25) is 19.5 Å². The van der Waals surface area contributed by atoms with Crippen molar-refractivity contribution < 1.29 is 14.7 Å². The highest BCUT2D eigenvalue weighted by Crippen LogP contribution is 2.26. The Hall–Kier alpha value is -2.47. The van der Waals surface area contributed by atoms with Crippen LogP contribution in [0.2, 0.25) is 0 Å². The molecule has 2 N–H and O–H groups in total. The number of fused-ring (bicyclic) bond motifs is 1. The Kier molecular flexibility index (Phi) is 4.76. The summed E-state index contributed by atoms with van der Waals surface area (Å²) in [5.74, 6) is -0.985. The van der Waals surface area contributed by atoms with Crippen molar-refractivity contribution in [3.05, 3.63) is 42.2 Å². The maximum Gasteiger partial charge on any atom is 0.317 e. The highest BCUT2D eigenvalue weighted by molar-refractivity contribution is 6.05. The highest BCUT2D eigenvalue weighted by Gasteiger charge is 2.35. The largest absolute Gasteiger partial charge is 0.480 e. The number of hydrogen-bond acceptors (Lipinski definition) is 4. The van der Waals surface area contributed by atoms with Crippen molar-refractivity contribution in [2.45, 2.75) is 31.8 Å². The number of pyridine rings is 1. The van der Waals surface area contributed by atoms with Gasteiger partial charge in [0.05, 0.1) is 6.54 Å². The SMILES string of the molecule is CCN(CC(=O)O)C1CC(NC(=O)c2nccc3ccccc23)C1. The normalized spacial score (nSPS) is 19.9. The van der Waals surface area contributed by atoms with E-state index in [2.05, 4.69) is 10.3 Å². The monoisotopic (exact) mass is 327 g/mol. The second kappa shape index (κ2) is 6.97. The molecule has 1 saturated carbocycles. The van der Waals surface area contributed by atoms with Crippen LogP contribution in [0.25, 0.3) is 10.8 Å². The zero-order chi connectivity index (χ0) is 17.1. The first-order chi connectivity index (χ1) is 11.6. The Labute approximate surface area is 140 Å². The summed E-state index contributed by atoms with van der Waals surface area (Å²) in [6.45, 7) is 2.70. The maximum absolute atomic E-state index is 12.5. The van der Waals surface area contributed by atoms with Gasteiger partial charge in [-0.1, -0.05) is 31.2 Å². The smallest absolute Gasteiger partial charge is 0.317 e. The zero-order valence-electron chi connectivity index (χ0n) is 13.6. The lowest BCUT2D eigenvalue weighted by Gasteiger charge is -2.42. The topological polar surface area (TPSA) is 82.5 Å². The summed E-state index contributed by atoms with van der Waals surface area (Å²) in [7, 11) is 0. The first-order valence-electron chi connectivity index (χ1n) is 8.19. The number of nitrogens with zero attached hydrogens (tertiary/aromatic N) is 2. The van der Waals surface area contributed by atoms with Gasteiger partial charge in [0.1, 0.15) is 5.69 Å². The van der Waals surface area contributed by atoms with Crippen LogP contribution < -0.4 is 5.32 Å². The number of amides is 1. The van der Waals surface area contributed by atoms with Crippen molar-refractivity contribution >= 4 is 22.6 Å². The van der Waals surface area contributed by atoms with Crippen LogP contribution in [0.4, 0.5) is 0 Å². The Morgan fingerprint density at radius 2 is 2.04 bits per heavy atom. The summed E-state index contributed by atoms with van der Waals surface area (Å²) >= 11 is 0. The molecular weight excluding hydrogens is 306 g/mol. The first-order valence-corrected chi connectivity index (χ1v) is 8.19. The van der Waals surface area contributed by atoms with Crippen molar-refractivity contribution in [1.82, 2.24) is 15.2 Å². The molecule has 126 valence electrons. The summed E-state index contributed by atoms with van der Waals surface area (Å²) in [5, 5.41) is 13.8. The molecule has 0 atom stereocenters. The van der Waals surface area contributed by atoms with E-state index in [1.54, 1.807) is 6.20 Å². The molecule has 6 heteroatoms. The minimum absolute atomic E-state index is 0.0483. The van der Waals surface area contributed by atoms with Crippen molar-refractivity contribution in [3.8, 4) is 0 Å². The van der Waals surface area contributed by atoms with Crippen LogP contribution in [-0.2, 0) is 4.79 Å². The van der Waals surface area contributed by atoms with Crippen molar-refractivity contribution in [1.29, 1.82) is 0 Å². The van der Waals surface area contributed by atoms with Gasteiger partial charge >= 0.3 is 5.97 Å². The Bertz CT molecular complexity index is 751. The first kappa shape index (κ1) is 16.4. The average molecular weight is 327 g/mol. The van der Waals surface area contributed by atoms with Gasteiger partial charge in [-0.2, -0.15) is 0 Å². The molecule has 3 rings (SSSR count). The summed E-state index contributed by atoms with van der Waals surface area (Å²) in [6.07, 6.45) is 3.20. The molecule has 1 heterocycles. The van der Waals surface area contributed by atoms with Crippen molar-refractivity contribution in [3.63, 3.8) is 0 Å². The van der Waals surface area contributed by atoms with Crippen LogP contribution in [0.1, 0.15) is 30.3 Å². The molecule has 0 saturated heterocycles. The molecule has 0 bridgehead atoms. The van der Waals surface area contributed by atoms with Crippen LogP contribution in [0.15, 0.2) is 36.5 Å². The minimum atomic E-state index is -0.815. The van der Waals surface area contributed by atoms with E-state index < -0.39 is 5.97 Å². The van der Waals surface area contributed by atoms with Crippen LogP contribution >= 0.6 is 0 Å². The van der Waals surface area contributed by atoms with Gasteiger partial charge in [0, 0.05) is 23.7 Å². The second-order valence-electron chi connectivity index (χ2n) is 6.13. The molecule has 24 heavy (non-hydrogen) atoms. The van der Waals surface area contributed by atoms with E-state index in [0.717, 1.165) is 23.6 Å². The number of carboxylic acids is 1. The van der Waals surface area contributed by atoms with Crippen LogP contribution in [-0.4, -0.2) is 52.0 Å². The Morgan fingerprint density at radius 3 is 2.75 bits per heavy atom. The van der Waals surface area contributed by atoms with Gasteiger partial charge in [0.2, 0.25) is 0 Å². The standard InChI is InChI=1S/C18H21N3O3/c1-2-21(11-16(22)23)14-9-13(10-14)20-18(24)17-15-6-4-3-5-12(15)7-8-19-17/h3-8,13-14H,2,9-11H2,1H3,(H,20,24)(H,22,23). The molecule has 1 fully saturated rings. The van der Waals surface area contributed by atoms with Crippen LogP contribution in [0.5, 0.6) is 0 Å². The molecule has 1 aliphatic carbocycles. The van der Waals surface area contributed by atoms with E-state index in [1.807, 2.05) is 42.2 Å². The number of likely N-dealkylation sites (N-methyl/N-ethyl adjacent to an activating group) is 1. The van der Waals surface area contributed by atoms with Crippen molar-refractivity contribution in [2.75, 3.05) is 13.1 Å². The number of carbonyl (C=O) groups is 2. The lowest BCUT2D eigenvalue weighted by Crippen LogP contribution is -2.54. The molecule has 0 spiro atoms. The summed E-state index contributed by atoms with van der Waals surface area (Å²) in [4.78, 5) is 29.5. The number of rotatable bonds is 6. The second-order valence-corrected chi connectivity index (χ2v) is 6.13. The van der Waals surface area contributed by atoms with Crippen LogP contribution in [0, 0.1) is 0 Å². The number of benzene rings is 1. The van der Waals surface area contributed by atoms with Crippen LogP contribution in [0.3, 0.4) is 0 Å². The Balaban J connectivity index is 1.62. The molecule has 0 unspecified atom stereocenters. The lowest BCUT2D eigenvalue weighted by molar-refractivity contribution is -0.139. The van der Waals surface area contributed by atoms with Gasteiger partial charge in [-0.05, 0) is 30.8 Å². The van der Waals surface area contributed by atoms with Gasteiger partial charge in [-0.25, -0.2) is 0 Å². The van der Waals surface area contributed by atoms with Gasteiger partial charge in [0.25, 0.3) is 5.91 Å². The quantitative estimate of drug-likeness (QED) is 0.847. The molecule has 1 aromatic heterocycles.